The van der Waals surface area contributed by atoms with Crippen LogP contribution in [0.1, 0.15) is 17.0 Å². The first kappa shape index (κ1) is 14.1. The van der Waals surface area contributed by atoms with E-state index >= 15 is 0 Å². The number of ether oxygens (including phenoxy) is 1. The van der Waals surface area contributed by atoms with Gasteiger partial charge in [0.2, 0.25) is 0 Å². The second-order valence-electron chi connectivity index (χ2n) is 5.41. The van der Waals surface area contributed by atoms with Gasteiger partial charge in [0, 0.05) is 31.0 Å². The first-order valence-corrected chi connectivity index (χ1v) is 7.43. The molecule has 0 amide bonds. The normalized spacial score (nSPS) is 16.0. The lowest BCUT2D eigenvalue weighted by molar-refractivity contribution is 0.0342. The number of hydrogen-bond acceptors (Lipinski definition) is 4. The predicted octanol–water partition coefficient (Wildman–Crippen LogP) is 2.16. The van der Waals surface area contributed by atoms with Crippen LogP contribution in [0.5, 0.6) is 0 Å². The lowest BCUT2D eigenvalue weighted by Crippen LogP contribution is -2.35. The van der Waals surface area contributed by atoms with Crippen LogP contribution >= 0.6 is 0 Å². The van der Waals surface area contributed by atoms with E-state index in [-0.39, 0.29) is 0 Å². The van der Waals surface area contributed by atoms with E-state index < -0.39 is 0 Å². The van der Waals surface area contributed by atoms with Gasteiger partial charge in [0.05, 0.1) is 31.8 Å². The van der Waals surface area contributed by atoms with Gasteiger partial charge in [-0.05, 0) is 24.6 Å². The van der Waals surface area contributed by atoms with E-state index in [0.717, 1.165) is 56.5 Å². The molecule has 0 radical (unpaired) electrons. The fraction of sp³-hybridized carbons (Fsp3) is 0.438. The lowest BCUT2D eigenvalue weighted by atomic mass is 10.2. The van der Waals surface area contributed by atoms with Gasteiger partial charge in [-0.25, -0.2) is 4.98 Å². The van der Waals surface area contributed by atoms with Crippen molar-refractivity contribution in [3.63, 3.8) is 0 Å². The Morgan fingerprint density at radius 1 is 1.24 bits per heavy atom. The first-order valence-electron chi connectivity index (χ1n) is 7.43. The lowest BCUT2D eigenvalue weighted by Gasteiger charge is -2.26. The van der Waals surface area contributed by atoms with Crippen molar-refractivity contribution in [3.8, 4) is 0 Å². The molecule has 1 saturated heterocycles. The third-order valence-corrected chi connectivity index (χ3v) is 3.86. The molecule has 2 N–H and O–H groups in total. The molecule has 0 spiro atoms. The molecule has 1 aliphatic heterocycles. The van der Waals surface area contributed by atoms with Gasteiger partial charge in [-0.15, -0.1) is 0 Å². The Morgan fingerprint density at radius 2 is 2.00 bits per heavy atom. The summed E-state index contributed by atoms with van der Waals surface area (Å²) in [5, 5.41) is 3.40. The van der Waals surface area contributed by atoms with Crippen molar-refractivity contribution in [2.75, 3.05) is 31.6 Å². The maximum atomic E-state index is 5.37. The number of anilines is 1. The molecule has 0 bridgehead atoms. The second-order valence-corrected chi connectivity index (χ2v) is 5.41. The second kappa shape index (κ2) is 6.74. The summed E-state index contributed by atoms with van der Waals surface area (Å²) in [5.74, 6) is 0. The fourth-order valence-electron chi connectivity index (χ4n) is 2.50. The molecule has 21 heavy (non-hydrogen) atoms. The Balaban J connectivity index is 1.52. The van der Waals surface area contributed by atoms with Crippen LogP contribution in [0.4, 0.5) is 5.69 Å². The standard InChI is InChI=1S/C16H22N4O/c1-13-16(19-12-18-13)10-17-15-4-2-14(3-5-15)11-20-6-8-21-9-7-20/h2-5,12,17H,6-11H2,1H3,(H,18,19). The van der Waals surface area contributed by atoms with Crippen LogP contribution in [-0.2, 0) is 17.8 Å². The fourth-order valence-corrected chi connectivity index (χ4v) is 2.50. The summed E-state index contributed by atoms with van der Waals surface area (Å²) < 4.78 is 5.37. The predicted molar refractivity (Wildman–Crippen MR) is 83.2 cm³/mol. The van der Waals surface area contributed by atoms with Crippen LogP contribution in [0.15, 0.2) is 30.6 Å². The highest BCUT2D eigenvalue weighted by Crippen LogP contribution is 2.13. The minimum Gasteiger partial charge on any atom is -0.379 e. The SMILES string of the molecule is Cc1[nH]cnc1CNc1ccc(CN2CCOCC2)cc1. The monoisotopic (exact) mass is 286 g/mol. The molecule has 2 heterocycles. The van der Waals surface area contributed by atoms with Gasteiger partial charge in [0.15, 0.2) is 0 Å². The first-order chi connectivity index (χ1) is 10.3. The molecular weight excluding hydrogens is 264 g/mol. The summed E-state index contributed by atoms with van der Waals surface area (Å²) in [6.07, 6.45) is 1.73. The Labute approximate surface area is 125 Å². The Morgan fingerprint density at radius 3 is 2.67 bits per heavy atom. The van der Waals surface area contributed by atoms with Gasteiger partial charge in [-0.3, -0.25) is 4.90 Å². The van der Waals surface area contributed by atoms with E-state index in [2.05, 4.69) is 44.5 Å². The zero-order chi connectivity index (χ0) is 14.5. The highest BCUT2D eigenvalue weighted by Gasteiger charge is 2.10. The number of benzene rings is 1. The molecule has 1 aromatic carbocycles. The van der Waals surface area contributed by atoms with E-state index in [9.17, 15) is 0 Å². The van der Waals surface area contributed by atoms with E-state index in [4.69, 9.17) is 4.74 Å². The number of imidazole rings is 1. The van der Waals surface area contributed by atoms with Crippen LogP contribution < -0.4 is 5.32 Å². The van der Waals surface area contributed by atoms with Crippen molar-refractivity contribution in [2.24, 2.45) is 0 Å². The molecule has 1 aliphatic rings. The van der Waals surface area contributed by atoms with Gasteiger partial charge in [-0.1, -0.05) is 12.1 Å². The molecule has 5 nitrogen and oxygen atoms in total. The minimum atomic E-state index is 0.748. The van der Waals surface area contributed by atoms with E-state index in [0.29, 0.717) is 0 Å². The van der Waals surface area contributed by atoms with Crippen LogP contribution in [0.2, 0.25) is 0 Å². The van der Waals surface area contributed by atoms with Gasteiger partial charge in [0.25, 0.3) is 0 Å². The Bertz CT molecular complexity index is 558. The van der Waals surface area contributed by atoms with Crippen LogP contribution in [-0.4, -0.2) is 41.2 Å². The summed E-state index contributed by atoms with van der Waals surface area (Å²) in [7, 11) is 0. The van der Waals surface area contributed by atoms with Crippen molar-refractivity contribution < 1.29 is 4.74 Å². The van der Waals surface area contributed by atoms with Crippen molar-refractivity contribution >= 4 is 5.69 Å². The largest absolute Gasteiger partial charge is 0.379 e. The molecule has 5 heteroatoms. The molecule has 0 saturated carbocycles. The average molecular weight is 286 g/mol. The summed E-state index contributed by atoms with van der Waals surface area (Å²) in [5.41, 5.74) is 4.65. The quantitative estimate of drug-likeness (QED) is 0.884. The third kappa shape index (κ3) is 3.83. The number of morpholine rings is 1. The average Bonchev–Trinajstić information content (AvgIpc) is 2.93. The Kier molecular flexibility index (Phi) is 4.52. The van der Waals surface area contributed by atoms with Gasteiger partial charge >= 0.3 is 0 Å². The van der Waals surface area contributed by atoms with Crippen molar-refractivity contribution in [2.45, 2.75) is 20.0 Å². The van der Waals surface area contributed by atoms with Crippen LogP contribution in [0, 0.1) is 6.92 Å². The number of aromatic amines is 1. The number of hydrogen-bond donors (Lipinski definition) is 2. The highest BCUT2D eigenvalue weighted by atomic mass is 16.5. The summed E-state index contributed by atoms with van der Waals surface area (Å²) in [6, 6.07) is 8.65. The number of nitrogens with one attached hydrogen (secondary N) is 2. The van der Waals surface area contributed by atoms with Crippen LogP contribution in [0.25, 0.3) is 0 Å². The molecule has 1 fully saturated rings. The van der Waals surface area contributed by atoms with Crippen molar-refractivity contribution in [1.29, 1.82) is 0 Å². The van der Waals surface area contributed by atoms with Crippen LogP contribution in [0.3, 0.4) is 0 Å². The summed E-state index contributed by atoms with van der Waals surface area (Å²) in [6.45, 7) is 7.54. The summed E-state index contributed by atoms with van der Waals surface area (Å²) >= 11 is 0. The zero-order valence-electron chi connectivity index (χ0n) is 12.4. The van der Waals surface area contributed by atoms with Gasteiger partial charge in [0.1, 0.15) is 0 Å². The Hall–Kier alpha value is -1.85. The topological polar surface area (TPSA) is 53.2 Å². The number of aromatic nitrogens is 2. The highest BCUT2D eigenvalue weighted by molar-refractivity contribution is 5.45. The molecule has 112 valence electrons. The van der Waals surface area contributed by atoms with E-state index in [1.54, 1.807) is 6.33 Å². The van der Waals surface area contributed by atoms with E-state index in [1.807, 2.05) is 6.92 Å². The molecule has 2 aromatic rings. The third-order valence-electron chi connectivity index (χ3n) is 3.86. The number of rotatable bonds is 5. The van der Waals surface area contributed by atoms with Gasteiger partial charge < -0.3 is 15.0 Å². The molecule has 0 atom stereocenters. The number of aryl methyl sites for hydroxylation is 1. The van der Waals surface area contributed by atoms with E-state index in [1.165, 1.54) is 5.56 Å². The molecule has 0 aliphatic carbocycles. The molecule has 3 rings (SSSR count). The molecular formula is C16H22N4O. The number of H-pyrrole nitrogens is 1. The van der Waals surface area contributed by atoms with Gasteiger partial charge in [-0.2, -0.15) is 0 Å². The smallest absolute Gasteiger partial charge is 0.0925 e. The zero-order valence-corrected chi connectivity index (χ0v) is 12.4. The van der Waals surface area contributed by atoms with Crippen molar-refractivity contribution in [1.82, 2.24) is 14.9 Å². The maximum Gasteiger partial charge on any atom is 0.0925 e. The molecule has 1 aromatic heterocycles. The molecule has 0 unspecified atom stereocenters. The number of nitrogens with zero attached hydrogens (tertiary/aromatic N) is 2. The summed E-state index contributed by atoms with van der Waals surface area (Å²) in [4.78, 5) is 9.81. The maximum absolute atomic E-state index is 5.37. The van der Waals surface area contributed by atoms with Crippen molar-refractivity contribution in [3.05, 3.63) is 47.5 Å². The minimum absolute atomic E-state index is 0.748.